The maximum Gasteiger partial charge on any atom is 0.326 e. The van der Waals surface area contributed by atoms with Crippen molar-refractivity contribution < 1.29 is 14.7 Å². The first kappa shape index (κ1) is 12.9. The lowest BCUT2D eigenvalue weighted by atomic mass is 9.99. The second-order valence-corrected chi connectivity index (χ2v) is 3.31. The van der Waals surface area contributed by atoms with Crippen molar-refractivity contribution >= 4 is 11.9 Å². The molecule has 0 spiro atoms. The van der Waals surface area contributed by atoms with Gasteiger partial charge in [-0.3, -0.25) is 4.79 Å². The fourth-order valence-electron chi connectivity index (χ4n) is 1.06. The summed E-state index contributed by atoms with van der Waals surface area (Å²) < 4.78 is 0. The number of aliphatic carboxylic acids is 1. The lowest BCUT2D eigenvalue weighted by molar-refractivity contribution is -0.143. The highest BCUT2D eigenvalue weighted by Gasteiger charge is 2.24. The van der Waals surface area contributed by atoms with E-state index in [0.717, 1.165) is 0 Å². The number of hydrogen-bond donors (Lipinski definition) is 3. The van der Waals surface area contributed by atoms with Gasteiger partial charge in [-0.1, -0.05) is 20.3 Å². The summed E-state index contributed by atoms with van der Waals surface area (Å²) in [5.74, 6) is -1.38. The van der Waals surface area contributed by atoms with E-state index in [4.69, 9.17) is 10.8 Å². The van der Waals surface area contributed by atoms with E-state index in [-0.39, 0.29) is 24.8 Å². The third-order valence-electron chi connectivity index (χ3n) is 2.17. The molecule has 0 rings (SSSR count). The van der Waals surface area contributed by atoms with Gasteiger partial charge in [0.1, 0.15) is 6.04 Å². The van der Waals surface area contributed by atoms with Crippen LogP contribution in [0.3, 0.4) is 0 Å². The standard InChI is InChI=1S/C9H18N2O3/c1-3-6(2)8(9(13)14)11-7(12)4-5-10/h6,8H,3-5,10H2,1-2H3,(H,11,12)(H,13,14). The fraction of sp³-hybridized carbons (Fsp3) is 0.778. The van der Waals surface area contributed by atoms with Crippen molar-refractivity contribution in [3.63, 3.8) is 0 Å². The van der Waals surface area contributed by atoms with Crippen molar-refractivity contribution in [2.24, 2.45) is 11.7 Å². The Labute approximate surface area is 83.7 Å². The number of nitrogens with one attached hydrogen (secondary N) is 1. The summed E-state index contributed by atoms with van der Waals surface area (Å²) in [5, 5.41) is 11.3. The summed E-state index contributed by atoms with van der Waals surface area (Å²) >= 11 is 0. The van der Waals surface area contributed by atoms with Crippen LogP contribution in [0.5, 0.6) is 0 Å². The van der Waals surface area contributed by atoms with Gasteiger partial charge in [0.05, 0.1) is 0 Å². The summed E-state index contributed by atoms with van der Waals surface area (Å²) in [6.07, 6.45) is 0.875. The Morgan fingerprint density at radius 3 is 2.43 bits per heavy atom. The minimum Gasteiger partial charge on any atom is -0.480 e. The molecule has 82 valence electrons. The van der Waals surface area contributed by atoms with Crippen LogP contribution in [0.1, 0.15) is 26.7 Å². The van der Waals surface area contributed by atoms with Gasteiger partial charge in [0, 0.05) is 13.0 Å². The third-order valence-corrected chi connectivity index (χ3v) is 2.17. The summed E-state index contributed by atoms with van der Waals surface area (Å²) in [6, 6.07) is -0.806. The zero-order valence-electron chi connectivity index (χ0n) is 8.62. The highest BCUT2D eigenvalue weighted by molar-refractivity contribution is 5.83. The summed E-state index contributed by atoms with van der Waals surface area (Å²) in [5.41, 5.74) is 5.18. The van der Waals surface area contributed by atoms with Crippen LogP contribution in [0.25, 0.3) is 0 Å². The first-order valence-electron chi connectivity index (χ1n) is 4.75. The zero-order valence-corrected chi connectivity index (χ0v) is 8.62. The highest BCUT2D eigenvalue weighted by Crippen LogP contribution is 2.07. The first-order valence-corrected chi connectivity index (χ1v) is 4.75. The highest BCUT2D eigenvalue weighted by atomic mass is 16.4. The number of hydrogen-bond acceptors (Lipinski definition) is 3. The first-order chi connectivity index (χ1) is 6.52. The van der Waals surface area contributed by atoms with E-state index >= 15 is 0 Å². The molecule has 14 heavy (non-hydrogen) atoms. The minimum absolute atomic E-state index is 0.0748. The molecule has 0 aromatic heterocycles. The predicted octanol–water partition coefficient (Wildman–Crippen LogP) is -0.0493. The van der Waals surface area contributed by atoms with Crippen LogP contribution in [0, 0.1) is 5.92 Å². The van der Waals surface area contributed by atoms with Crippen molar-refractivity contribution in [2.75, 3.05) is 6.54 Å². The van der Waals surface area contributed by atoms with Crippen LogP contribution in [0.4, 0.5) is 0 Å². The molecule has 5 nitrogen and oxygen atoms in total. The fourth-order valence-corrected chi connectivity index (χ4v) is 1.06. The topological polar surface area (TPSA) is 92.4 Å². The second-order valence-electron chi connectivity index (χ2n) is 3.31. The molecule has 0 aromatic carbocycles. The number of rotatable bonds is 6. The largest absolute Gasteiger partial charge is 0.480 e. The van der Waals surface area contributed by atoms with E-state index in [2.05, 4.69) is 5.32 Å². The van der Waals surface area contributed by atoms with Gasteiger partial charge in [-0.2, -0.15) is 0 Å². The average Bonchev–Trinajstić information content (AvgIpc) is 2.13. The molecule has 0 aliphatic rings. The summed E-state index contributed by atoms with van der Waals surface area (Å²) in [6.45, 7) is 3.91. The second kappa shape index (κ2) is 6.37. The predicted molar refractivity (Wildman–Crippen MR) is 52.7 cm³/mol. The average molecular weight is 202 g/mol. The molecule has 0 aromatic rings. The monoisotopic (exact) mass is 202 g/mol. The van der Waals surface area contributed by atoms with Crippen LogP contribution >= 0.6 is 0 Å². The maximum absolute atomic E-state index is 11.1. The number of carboxylic acids is 1. The van der Waals surface area contributed by atoms with Gasteiger partial charge in [0.15, 0.2) is 0 Å². The molecule has 0 bridgehead atoms. The molecule has 1 amide bonds. The van der Waals surface area contributed by atoms with Crippen molar-refractivity contribution in [3.8, 4) is 0 Å². The van der Waals surface area contributed by atoms with Crippen molar-refractivity contribution in [1.29, 1.82) is 0 Å². The van der Waals surface area contributed by atoms with Crippen molar-refractivity contribution in [1.82, 2.24) is 5.32 Å². The molecule has 4 N–H and O–H groups in total. The van der Waals surface area contributed by atoms with E-state index in [1.165, 1.54) is 0 Å². The van der Waals surface area contributed by atoms with E-state index in [1.54, 1.807) is 6.92 Å². The Hall–Kier alpha value is -1.10. The van der Waals surface area contributed by atoms with Gasteiger partial charge in [-0.15, -0.1) is 0 Å². The molecule has 0 heterocycles. The molecular formula is C9H18N2O3. The van der Waals surface area contributed by atoms with Crippen LogP contribution < -0.4 is 11.1 Å². The Kier molecular flexibility index (Phi) is 5.87. The van der Waals surface area contributed by atoms with E-state index in [9.17, 15) is 9.59 Å². The van der Waals surface area contributed by atoms with Crippen LogP contribution in [-0.2, 0) is 9.59 Å². The number of carboxylic acid groups (broad SMARTS) is 1. The van der Waals surface area contributed by atoms with Crippen molar-refractivity contribution in [2.45, 2.75) is 32.7 Å². The third kappa shape index (κ3) is 4.23. The van der Waals surface area contributed by atoms with Gasteiger partial charge < -0.3 is 16.2 Å². The van der Waals surface area contributed by atoms with Crippen LogP contribution in [0.15, 0.2) is 0 Å². The van der Waals surface area contributed by atoms with Gasteiger partial charge in [-0.05, 0) is 5.92 Å². The normalized spacial score (nSPS) is 14.5. The molecule has 2 unspecified atom stereocenters. The molecule has 2 atom stereocenters. The summed E-state index contributed by atoms with van der Waals surface area (Å²) in [4.78, 5) is 21.9. The number of amides is 1. The Morgan fingerprint density at radius 1 is 1.50 bits per heavy atom. The molecule has 0 aliphatic heterocycles. The quantitative estimate of drug-likeness (QED) is 0.563. The van der Waals surface area contributed by atoms with Gasteiger partial charge in [-0.25, -0.2) is 4.79 Å². The van der Waals surface area contributed by atoms with E-state index in [1.807, 2.05) is 6.92 Å². The van der Waals surface area contributed by atoms with Crippen molar-refractivity contribution in [3.05, 3.63) is 0 Å². The Bertz CT molecular complexity index is 206. The molecule has 0 radical (unpaired) electrons. The van der Waals surface area contributed by atoms with Crippen LogP contribution in [-0.4, -0.2) is 29.6 Å². The van der Waals surface area contributed by atoms with Gasteiger partial charge in [0.2, 0.25) is 5.91 Å². The molecule has 0 saturated heterocycles. The molecular weight excluding hydrogens is 184 g/mol. The zero-order chi connectivity index (χ0) is 11.1. The maximum atomic E-state index is 11.1. The molecule has 5 heteroatoms. The molecule has 0 aliphatic carbocycles. The molecule has 0 fully saturated rings. The lowest BCUT2D eigenvalue weighted by Gasteiger charge is -2.19. The van der Waals surface area contributed by atoms with Gasteiger partial charge >= 0.3 is 5.97 Å². The Balaban J connectivity index is 4.23. The number of carbonyl (C=O) groups excluding carboxylic acids is 1. The Morgan fingerprint density at radius 2 is 2.07 bits per heavy atom. The SMILES string of the molecule is CCC(C)C(NC(=O)CCN)C(=O)O. The van der Waals surface area contributed by atoms with Crippen LogP contribution in [0.2, 0.25) is 0 Å². The van der Waals surface area contributed by atoms with E-state index < -0.39 is 12.0 Å². The number of carbonyl (C=O) groups is 2. The lowest BCUT2D eigenvalue weighted by Crippen LogP contribution is -2.45. The molecule has 0 saturated carbocycles. The smallest absolute Gasteiger partial charge is 0.326 e. The van der Waals surface area contributed by atoms with E-state index in [0.29, 0.717) is 6.42 Å². The summed E-state index contributed by atoms with van der Waals surface area (Å²) in [7, 11) is 0. The number of nitrogens with two attached hydrogens (primary N) is 1. The van der Waals surface area contributed by atoms with Gasteiger partial charge in [0.25, 0.3) is 0 Å². The minimum atomic E-state index is -0.996.